The highest BCUT2D eigenvalue weighted by Crippen LogP contribution is 2.50. The lowest BCUT2D eigenvalue weighted by Gasteiger charge is -2.53. The van der Waals surface area contributed by atoms with Gasteiger partial charge < -0.3 is 9.64 Å². The molecule has 108 valence electrons. The first kappa shape index (κ1) is 13.6. The molecule has 4 heteroatoms. The standard InChI is InChI=1S/C16H22N2O2/c1-12-13(4-3-9-17-12)15(19)18-10-7-16(8-11-18)6-5-14(16)20-2/h3-4,9,14H,5-8,10-11H2,1-2H3. The number of aryl methyl sites for hydroxylation is 1. The van der Waals surface area contributed by atoms with Crippen molar-refractivity contribution in [1.29, 1.82) is 0 Å². The highest BCUT2D eigenvalue weighted by molar-refractivity contribution is 5.95. The Kier molecular flexibility index (Phi) is 3.50. The summed E-state index contributed by atoms with van der Waals surface area (Å²) in [5.41, 5.74) is 1.90. The van der Waals surface area contributed by atoms with Gasteiger partial charge in [-0.25, -0.2) is 0 Å². The molecule has 1 spiro atoms. The molecule has 1 aromatic heterocycles. The van der Waals surface area contributed by atoms with Crippen molar-refractivity contribution < 1.29 is 9.53 Å². The van der Waals surface area contributed by atoms with E-state index >= 15 is 0 Å². The van der Waals surface area contributed by atoms with Gasteiger partial charge in [-0.3, -0.25) is 9.78 Å². The fraction of sp³-hybridized carbons (Fsp3) is 0.625. The van der Waals surface area contributed by atoms with Crippen LogP contribution in [-0.4, -0.2) is 42.1 Å². The molecule has 1 aliphatic heterocycles. The van der Waals surface area contributed by atoms with Gasteiger partial charge in [0.1, 0.15) is 0 Å². The molecule has 1 aliphatic carbocycles. The second kappa shape index (κ2) is 5.17. The van der Waals surface area contributed by atoms with Gasteiger partial charge in [0, 0.05) is 37.5 Å². The highest BCUT2D eigenvalue weighted by Gasteiger charge is 2.49. The summed E-state index contributed by atoms with van der Waals surface area (Å²) in [5.74, 6) is 0.124. The van der Waals surface area contributed by atoms with Crippen molar-refractivity contribution >= 4 is 5.91 Å². The number of carbonyl (C=O) groups excluding carboxylic acids is 1. The van der Waals surface area contributed by atoms with Gasteiger partial charge in [-0.15, -0.1) is 0 Å². The number of piperidine rings is 1. The minimum Gasteiger partial charge on any atom is -0.381 e. The Morgan fingerprint density at radius 3 is 2.70 bits per heavy atom. The van der Waals surface area contributed by atoms with Crippen LogP contribution in [0.3, 0.4) is 0 Å². The summed E-state index contributed by atoms with van der Waals surface area (Å²) < 4.78 is 5.57. The van der Waals surface area contributed by atoms with E-state index in [1.807, 2.05) is 31.1 Å². The monoisotopic (exact) mass is 274 g/mol. The number of amides is 1. The normalized spacial score (nSPS) is 24.5. The van der Waals surface area contributed by atoms with E-state index in [0.29, 0.717) is 11.5 Å². The smallest absolute Gasteiger partial charge is 0.255 e. The zero-order valence-electron chi connectivity index (χ0n) is 12.3. The van der Waals surface area contributed by atoms with Crippen LogP contribution in [0.2, 0.25) is 0 Å². The predicted octanol–water partition coefficient (Wildman–Crippen LogP) is 2.42. The summed E-state index contributed by atoms with van der Waals surface area (Å²) in [6.45, 7) is 3.58. The molecule has 1 unspecified atom stereocenters. The number of pyridine rings is 1. The summed E-state index contributed by atoms with van der Waals surface area (Å²) >= 11 is 0. The van der Waals surface area contributed by atoms with Gasteiger partial charge in [0.2, 0.25) is 0 Å². The Balaban J connectivity index is 1.67. The average Bonchev–Trinajstić information content (AvgIpc) is 2.47. The number of ether oxygens (including phenoxy) is 1. The molecule has 0 bridgehead atoms. The van der Waals surface area contributed by atoms with Gasteiger partial charge in [0.05, 0.1) is 11.7 Å². The maximum absolute atomic E-state index is 12.5. The molecule has 2 aliphatic rings. The average molecular weight is 274 g/mol. The Hall–Kier alpha value is -1.42. The van der Waals surface area contributed by atoms with Gasteiger partial charge in [0.25, 0.3) is 5.91 Å². The SMILES string of the molecule is COC1CCC12CCN(C(=O)c1cccnc1C)CC2. The van der Waals surface area contributed by atoms with E-state index in [9.17, 15) is 4.79 Å². The van der Waals surface area contributed by atoms with Crippen molar-refractivity contribution in [2.24, 2.45) is 5.41 Å². The van der Waals surface area contributed by atoms with E-state index in [-0.39, 0.29) is 5.91 Å². The summed E-state index contributed by atoms with van der Waals surface area (Å²) in [5, 5.41) is 0. The van der Waals surface area contributed by atoms with Crippen LogP contribution in [-0.2, 0) is 4.74 Å². The first-order chi connectivity index (χ1) is 9.66. The second-order valence-corrected chi connectivity index (χ2v) is 6.05. The summed E-state index contributed by atoms with van der Waals surface area (Å²) in [4.78, 5) is 18.7. The van der Waals surface area contributed by atoms with E-state index in [1.54, 1.807) is 6.20 Å². The number of hydrogen-bond donors (Lipinski definition) is 0. The van der Waals surface area contributed by atoms with Crippen molar-refractivity contribution in [3.05, 3.63) is 29.6 Å². The zero-order chi connectivity index (χ0) is 14.2. The number of nitrogens with zero attached hydrogens (tertiary/aromatic N) is 2. The summed E-state index contributed by atoms with van der Waals surface area (Å²) in [6.07, 6.45) is 6.69. The van der Waals surface area contributed by atoms with Crippen molar-refractivity contribution in [2.75, 3.05) is 20.2 Å². The Morgan fingerprint density at radius 1 is 1.40 bits per heavy atom. The number of aromatic nitrogens is 1. The van der Waals surface area contributed by atoms with E-state index in [1.165, 1.54) is 12.8 Å². The summed E-state index contributed by atoms with van der Waals surface area (Å²) in [7, 11) is 1.81. The Bertz CT molecular complexity index is 505. The van der Waals surface area contributed by atoms with Crippen molar-refractivity contribution in [3.63, 3.8) is 0 Å². The van der Waals surface area contributed by atoms with Crippen LogP contribution in [0, 0.1) is 12.3 Å². The third-order valence-corrected chi connectivity index (χ3v) is 5.16. The molecule has 1 saturated carbocycles. The van der Waals surface area contributed by atoms with Crippen molar-refractivity contribution in [2.45, 2.75) is 38.7 Å². The third kappa shape index (κ3) is 2.12. The number of hydrogen-bond acceptors (Lipinski definition) is 3. The molecule has 4 nitrogen and oxygen atoms in total. The van der Waals surface area contributed by atoms with Crippen LogP contribution in [0.1, 0.15) is 41.7 Å². The van der Waals surface area contributed by atoms with Crippen LogP contribution >= 0.6 is 0 Å². The molecule has 0 radical (unpaired) electrons. The molecule has 0 N–H and O–H groups in total. The predicted molar refractivity (Wildman–Crippen MR) is 76.6 cm³/mol. The minimum absolute atomic E-state index is 0.124. The second-order valence-electron chi connectivity index (χ2n) is 6.05. The Morgan fingerprint density at radius 2 is 2.15 bits per heavy atom. The van der Waals surface area contributed by atoms with Crippen LogP contribution < -0.4 is 0 Å². The molecule has 3 rings (SSSR count). The fourth-order valence-electron chi connectivity index (χ4n) is 3.65. The minimum atomic E-state index is 0.124. The lowest BCUT2D eigenvalue weighted by atomic mass is 9.60. The van der Waals surface area contributed by atoms with Crippen LogP contribution in [0.4, 0.5) is 0 Å². The molecule has 1 atom stereocenters. The first-order valence-electron chi connectivity index (χ1n) is 7.40. The lowest BCUT2D eigenvalue weighted by Crippen LogP contribution is -2.54. The topological polar surface area (TPSA) is 42.4 Å². The zero-order valence-corrected chi connectivity index (χ0v) is 12.3. The number of rotatable bonds is 2. The van der Waals surface area contributed by atoms with Gasteiger partial charge in [-0.2, -0.15) is 0 Å². The number of likely N-dealkylation sites (tertiary alicyclic amines) is 1. The van der Waals surface area contributed by atoms with Crippen LogP contribution in [0.5, 0.6) is 0 Å². The molecule has 0 aromatic carbocycles. The molecule has 1 saturated heterocycles. The number of methoxy groups -OCH3 is 1. The molecular formula is C16H22N2O2. The molecule has 1 amide bonds. The van der Waals surface area contributed by atoms with Gasteiger partial charge in [-0.1, -0.05) is 0 Å². The lowest BCUT2D eigenvalue weighted by molar-refractivity contribution is -0.116. The molecule has 20 heavy (non-hydrogen) atoms. The maximum Gasteiger partial charge on any atom is 0.255 e. The van der Waals surface area contributed by atoms with Gasteiger partial charge in [0.15, 0.2) is 0 Å². The van der Waals surface area contributed by atoms with Crippen LogP contribution in [0.15, 0.2) is 18.3 Å². The van der Waals surface area contributed by atoms with Crippen LogP contribution in [0.25, 0.3) is 0 Å². The molecule has 1 aromatic rings. The quantitative estimate of drug-likeness (QED) is 0.831. The third-order valence-electron chi connectivity index (χ3n) is 5.16. The highest BCUT2D eigenvalue weighted by atomic mass is 16.5. The maximum atomic E-state index is 12.5. The largest absolute Gasteiger partial charge is 0.381 e. The van der Waals surface area contributed by atoms with E-state index < -0.39 is 0 Å². The van der Waals surface area contributed by atoms with Crippen molar-refractivity contribution in [1.82, 2.24) is 9.88 Å². The van der Waals surface area contributed by atoms with E-state index in [2.05, 4.69) is 4.98 Å². The molecule has 2 fully saturated rings. The van der Waals surface area contributed by atoms with Crippen molar-refractivity contribution in [3.8, 4) is 0 Å². The number of carbonyl (C=O) groups is 1. The van der Waals surface area contributed by atoms with E-state index in [4.69, 9.17) is 4.74 Å². The summed E-state index contributed by atoms with van der Waals surface area (Å²) in [6, 6.07) is 3.70. The van der Waals surface area contributed by atoms with E-state index in [0.717, 1.165) is 37.2 Å². The molecular weight excluding hydrogens is 252 g/mol. The Labute approximate surface area is 120 Å². The fourth-order valence-corrected chi connectivity index (χ4v) is 3.65. The molecule has 2 heterocycles. The van der Waals surface area contributed by atoms with Gasteiger partial charge in [-0.05, 0) is 44.7 Å². The van der Waals surface area contributed by atoms with Gasteiger partial charge >= 0.3 is 0 Å². The first-order valence-corrected chi connectivity index (χ1v) is 7.40.